The third-order valence-corrected chi connectivity index (χ3v) is 5.21. The minimum absolute atomic E-state index is 0.141. The second-order valence-electron chi connectivity index (χ2n) is 8.25. The van der Waals surface area contributed by atoms with Crippen LogP contribution in [0.2, 0.25) is 0 Å². The molecule has 1 amide bonds. The molecule has 0 unspecified atom stereocenters. The SMILES string of the molecule is Cc1cc(N2CC[C@@](O)(CN(C)C(=O)c3cccc(OCCN(C)C)c3)C2)ncn1. The number of aliphatic hydroxyl groups is 1. The fourth-order valence-corrected chi connectivity index (χ4v) is 3.59. The van der Waals surface area contributed by atoms with Gasteiger partial charge in [-0.1, -0.05) is 6.07 Å². The van der Waals surface area contributed by atoms with E-state index >= 15 is 0 Å². The second-order valence-corrected chi connectivity index (χ2v) is 8.25. The Morgan fingerprint density at radius 2 is 2.07 bits per heavy atom. The first-order valence-electron chi connectivity index (χ1n) is 10.1. The van der Waals surface area contributed by atoms with E-state index in [1.54, 1.807) is 24.1 Å². The minimum Gasteiger partial charge on any atom is -0.492 e. The molecule has 1 fully saturated rings. The van der Waals surface area contributed by atoms with E-state index in [0.29, 0.717) is 37.4 Å². The molecule has 0 saturated carbocycles. The second kappa shape index (κ2) is 9.40. The standard InChI is InChI=1S/C22H31N5O3/c1-17-12-20(24-16-23-17)27-9-8-22(29,15-27)14-26(4)21(28)18-6-5-7-19(13-18)30-11-10-25(2)3/h5-7,12-13,16,29H,8-11,14-15H2,1-4H3/t22-/m1/s1. The summed E-state index contributed by atoms with van der Waals surface area (Å²) >= 11 is 0. The highest BCUT2D eigenvalue weighted by molar-refractivity contribution is 5.94. The molecule has 162 valence electrons. The molecule has 0 bridgehead atoms. The molecule has 0 aliphatic carbocycles. The van der Waals surface area contributed by atoms with E-state index in [-0.39, 0.29) is 12.5 Å². The lowest BCUT2D eigenvalue weighted by Crippen LogP contribution is -2.46. The topological polar surface area (TPSA) is 82.0 Å². The summed E-state index contributed by atoms with van der Waals surface area (Å²) in [5, 5.41) is 11.1. The molecule has 8 heteroatoms. The van der Waals surface area contributed by atoms with Crippen molar-refractivity contribution in [2.75, 3.05) is 58.8 Å². The van der Waals surface area contributed by atoms with Gasteiger partial charge in [0.2, 0.25) is 0 Å². The van der Waals surface area contributed by atoms with Crippen LogP contribution >= 0.6 is 0 Å². The maximum atomic E-state index is 12.9. The van der Waals surface area contributed by atoms with Gasteiger partial charge in [0, 0.05) is 44.0 Å². The first-order valence-corrected chi connectivity index (χ1v) is 10.1. The van der Waals surface area contributed by atoms with Gasteiger partial charge in [0.15, 0.2) is 0 Å². The number of benzene rings is 1. The average molecular weight is 414 g/mol. The number of amides is 1. The van der Waals surface area contributed by atoms with E-state index < -0.39 is 5.60 Å². The summed E-state index contributed by atoms with van der Waals surface area (Å²) in [7, 11) is 5.69. The normalized spacial score (nSPS) is 18.7. The zero-order valence-electron chi connectivity index (χ0n) is 18.2. The molecule has 2 heterocycles. The number of carbonyl (C=O) groups is 1. The summed E-state index contributed by atoms with van der Waals surface area (Å²) in [5.41, 5.74) is 0.448. The highest BCUT2D eigenvalue weighted by Crippen LogP contribution is 2.27. The van der Waals surface area contributed by atoms with Gasteiger partial charge in [-0.25, -0.2) is 9.97 Å². The van der Waals surface area contributed by atoms with E-state index in [1.807, 2.05) is 49.0 Å². The third-order valence-electron chi connectivity index (χ3n) is 5.21. The molecule has 0 radical (unpaired) electrons. The van der Waals surface area contributed by atoms with Crippen LogP contribution in [-0.2, 0) is 0 Å². The molecular formula is C22H31N5O3. The first-order chi connectivity index (χ1) is 14.3. The quantitative estimate of drug-likeness (QED) is 0.701. The van der Waals surface area contributed by atoms with Crippen molar-refractivity contribution in [3.63, 3.8) is 0 Å². The Hall–Kier alpha value is -2.71. The van der Waals surface area contributed by atoms with Gasteiger partial charge in [-0.3, -0.25) is 4.79 Å². The molecule has 2 aromatic rings. The molecule has 1 aliphatic rings. The van der Waals surface area contributed by atoms with Crippen molar-refractivity contribution >= 4 is 11.7 Å². The Kier molecular flexibility index (Phi) is 6.89. The number of aromatic nitrogens is 2. The van der Waals surface area contributed by atoms with Crippen molar-refractivity contribution in [2.24, 2.45) is 0 Å². The number of carbonyl (C=O) groups excluding carboxylic acids is 1. The van der Waals surface area contributed by atoms with Crippen LogP contribution in [-0.4, -0.2) is 90.3 Å². The van der Waals surface area contributed by atoms with E-state index in [9.17, 15) is 9.90 Å². The lowest BCUT2D eigenvalue weighted by atomic mass is 10.0. The maximum Gasteiger partial charge on any atom is 0.253 e. The van der Waals surface area contributed by atoms with Crippen molar-refractivity contribution in [1.29, 1.82) is 0 Å². The molecule has 0 spiro atoms. The van der Waals surface area contributed by atoms with Gasteiger partial charge in [0.05, 0.1) is 6.54 Å². The monoisotopic (exact) mass is 413 g/mol. The summed E-state index contributed by atoms with van der Waals surface area (Å²) in [5.74, 6) is 1.33. The molecule has 1 atom stereocenters. The highest BCUT2D eigenvalue weighted by atomic mass is 16.5. The fourth-order valence-electron chi connectivity index (χ4n) is 3.59. The summed E-state index contributed by atoms with van der Waals surface area (Å²) in [6, 6.07) is 9.09. The van der Waals surface area contributed by atoms with Crippen molar-refractivity contribution < 1.29 is 14.6 Å². The average Bonchev–Trinajstić information content (AvgIpc) is 3.09. The summed E-state index contributed by atoms with van der Waals surface area (Å²) in [4.78, 5) is 27.0. The van der Waals surface area contributed by atoms with Gasteiger partial charge < -0.3 is 24.5 Å². The van der Waals surface area contributed by atoms with Crippen LogP contribution in [0.15, 0.2) is 36.7 Å². The lowest BCUT2D eigenvalue weighted by molar-refractivity contribution is 0.0264. The Balaban J connectivity index is 1.60. The number of likely N-dealkylation sites (N-methyl/N-ethyl adjacent to an activating group) is 2. The Labute approximate surface area is 178 Å². The van der Waals surface area contributed by atoms with Crippen molar-refractivity contribution in [2.45, 2.75) is 18.9 Å². The van der Waals surface area contributed by atoms with E-state index in [1.165, 1.54) is 6.33 Å². The van der Waals surface area contributed by atoms with Crippen LogP contribution in [0.5, 0.6) is 5.75 Å². The molecule has 1 aromatic heterocycles. The van der Waals surface area contributed by atoms with Crippen LogP contribution < -0.4 is 9.64 Å². The first kappa shape index (κ1) is 22.0. The van der Waals surface area contributed by atoms with E-state index in [4.69, 9.17) is 4.74 Å². The predicted molar refractivity (Wildman–Crippen MR) is 116 cm³/mol. The van der Waals surface area contributed by atoms with Crippen LogP contribution in [0.3, 0.4) is 0 Å². The number of nitrogens with zero attached hydrogens (tertiary/aromatic N) is 5. The van der Waals surface area contributed by atoms with Crippen molar-refractivity contribution in [3.8, 4) is 5.75 Å². The van der Waals surface area contributed by atoms with Crippen LogP contribution in [0.1, 0.15) is 22.5 Å². The molecule has 1 N–H and O–H groups in total. The van der Waals surface area contributed by atoms with Gasteiger partial charge in [-0.05, 0) is 45.6 Å². The predicted octanol–water partition coefficient (Wildman–Crippen LogP) is 1.44. The summed E-state index contributed by atoms with van der Waals surface area (Å²) in [6.45, 7) is 4.63. The van der Waals surface area contributed by atoms with Gasteiger partial charge in [-0.15, -0.1) is 0 Å². The van der Waals surface area contributed by atoms with Gasteiger partial charge in [0.25, 0.3) is 5.91 Å². The number of rotatable bonds is 8. The summed E-state index contributed by atoms with van der Waals surface area (Å²) < 4.78 is 5.73. The van der Waals surface area contributed by atoms with Gasteiger partial charge in [-0.2, -0.15) is 0 Å². The molecule has 8 nitrogen and oxygen atoms in total. The van der Waals surface area contributed by atoms with Crippen LogP contribution in [0, 0.1) is 6.92 Å². The van der Waals surface area contributed by atoms with Crippen LogP contribution in [0.4, 0.5) is 5.82 Å². The molecular weight excluding hydrogens is 382 g/mol. The van der Waals surface area contributed by atoms with Crippen molar-refractivity contribution in [1.82, 2.24) is 19.8 Å². The third kappa shape index (κ3) is 5.67. The van der Waals surface area contributed by atoms with Crippen molar-refractivity contribution in [3.05, 3.63) is 47.9 Å². The molecule has 3 rings (SSSR count). The molecule has 1 aliphatic heterocycles. The van der Waals surface area contributed by atoms with E-state index in [2.05, 4.69) is 9.97 Å². The lowest BCUT2D eigenvalue weighted by Gasteiger charge is -2.29. The molecule has 30 heavy (non-hydrogen) atoms. The highest BCUT2D eigenvalue weighted by Gasteiger charge is 2.38. The Morgan fingerprint density at radius 3 is 2.80 bits per heavy atom. The maximum absolute atomic E-state index is 12.9. The Bertz CT molecular complexity index is 875. The summed E-state index contributed by atoms with van der Waals surface area (Å²) in [6.07, 6.45) is 2.10. The number of hydrogen-bond donors (Lipinski definition) is 1. The smallest absolute Gasteiger partial charge is 0.253 e. The zero-order valence-corrected chi connectivity index (χ0v) is 18.2. The van der Waals surface area contributed by atoms with Gasteiger partial charge in [0.1, 0.15) is 30.1 Å². The minimum atomic E-state index is -0.983. The largest absolute Gasteiger partial charge is 0.492 e. The van der Waals surface area contributed by atoms with E-state index in [0.717, 1.165) is 18.1 Å². The van der Waals surface area contributed by atoms with Gasteiger partial charge >= 0.3 is 0 Å². The number of β-amino-alcohol motifs (C(OH)–C–C–N with tert-alkyl or cyclic N) is 1. The molecule has 1 aromatic carbocycles. The number of ether oxygens (including phenoxy) is 1. The zero-order chi connectivity index (χ0) is 21.7. The van der Waals surface area contributed by atoms with Crippen LogP contribution in [0.25, 0.3) is 0 Å². The number of hydrogen-bond acceptors (Lipinski definition) is 7. The molecule has 1 saturated heterocycles. The fraction of sp³-hybridized carbons (Fsp3) is 0.500. The number of anilines is 1. The Morgan fingerprint density at radius 1 is 1.27 bits per heavy atom. The number of aryl methyl sites for hydroxylation is 1.